The molecule has 0 saturated carbocycles. The van der Waals surface area contributed by atoms with Crippen LogP contribution in [-0.2, 0) is 25.9 Å². The van der Waals surface area contributed by atoms with Crippen LogP contribution in [0.1, 0.15) is 51.4 Å². The van der Waals surface area contributed by atoms with E-state index in [1.54, 1.807) is 0 Å². The fraction of sp³-hybridized carbons (Fsp3) is 0.290. The van der Waals surface area contributed by atoms with E-state index < -0.39 is 35.3 Å². The standard InChI is InChI=1S/C17H14ClFN4O3.C14H11ClFNO3/c18-12-5-13(19)14(6-15(12)26-9-22-8-20-7-21-22)23-16(24)10-3-1-2-4-11(10)17(23)25;15-9-5-10(16)11(6-12(9)18)17-13(19)7-3-1-2-4-8(7)14(17)20/h5-8H,1-4,9H2;5-6,18H,1-4H2. The highest BCUT2D eigenvalue weighted by molar-refractivity contribution is 6.35. The summed E-state index contributed by atoms with van der Waals surface area (Å²) in [5.74, 6) is -3.71. The van der Waals surface area contributed by atoms with Gasteiger partial charge in [0.1, 0.15) is 35.8 Å². The monoisotopic (exact) mass is 671 g/mol. The summed E-state index contributed by atoms with van der Waals surface area (Å²) in [7, 11) is 0. The third-order valence-electron chi connectivity index (χ3n) is 8.10. The van der Waals surface area contributed by atoms with Gasteiger partial charge < -0.3 is 9.84 Å². The lowest BCUT2D eigenvalue weighted by molar-refractivity contribution is -0.122. The SMILES string of the molecule is O=C1C2=C(CCCC2)C(=O)N1c1cc(O)c(Cl)cc1F.O=C1C2=C(CCCC2)C(=O)N1c1cc(OCn2cncn2)c(Cl)cc1F. The zero-order chi connectivity index (χ0) is 32.7. The van der Waals surface area contributed by atoms with Gasteiger partial charge in [-0.15, -0.1) is 0 Å². The number of nitrogens with zero attached hydrogens (tertiary/aromatic N) is 5. The number of phenolic OH excluding ortho intramolecular Hbond substituents is 1. The van der Waals surface area contributed by atoms with Crippen LogP contribution in [0.3, 0.4) is 0 Å². The van der Waals surface area contributed by atoms with Gasteiger partial charge in [0.25, 0.3) is 23.6 Å². The normalized spacial score (nSPS) is 17.8. The molecule has 7 rings (SSSR count). The van der Waals surface area contributed by atoms with E-state index in [1.807, 2.05) is 0 Å². The van der Waals surface area contributed by atoms with Crippen LogP contribution >= 0.6 is 23.2 Å². The number of aromatic hydroxyl groups is 1. The molecule has 3 heterocycles. The van der Waals surface area contributed by atoms with Gasteiger partial charge in [-0.05, 0) is 63.5 Å². The van der Waals surface area contributed by atoms with E-state index in [0.717, 1.165) is 53.7 Å². The number of anilines is 2. The Labute approximate surface area is 270 Å². The van der Waals surface area contributed by atoms with E-state index in [-0.39, 0.29) is 39.6 Å². The lowest BCUT2D eigenvalue weighted by Gasteiger charge is -2.18. The molecule has 0 unspecified atom stereocenters. The van der Waals surface area contributed by atoms with Crippen molar-refractivity contribution in [1.29, 1.82) is 0 Å². The van der Waals surface area contributed by atoms with Gasteiger partial charge in [-0.3, -0.25) is 19.2 Å². The van der Waals surface area contributed by atoms with E-state index >= 15 is 0 Å². The third-order valence-corrected chi connectivity index (χ3v) is 8.70. The molecule has 0 spiro atoms. The van der Waals surface area contributed by atoms with Gasteiger partial charge in [0, 0.05) is 34.4 Å². The van der Waals surface area contributed by atoms with E-state index in [9.17, 15) is 33.1 Å². The Morgan fingerprint density at radius 1 is 0.717 bits per heavy atom. The Balaban J connectivity index is 0.000000167. The predicted octanol–water partition coefficient (Wildman–Crippen LogP) is 5.78. The van der Waals surface area contributed by atoms with Gasteiger partial charge in [0.15, 0.2) is 6.73 Å². The Kier molecular flexibility index (Phi) is 8.62. The molecular weight excluding hydrogens is 647 g/mol. The van der Waals surface area contributed by atoms with Gasteiger partial charge in [-0.2, -0.15) is 5.10 Å². The molecule has 0 bridgehead atoms. The third kappa shape index (κ3) is 5.64. The van der Waals surface area contributed by atoms with Crippen molar-refractivity contribution in [2.24, 2.45) is 0 Å². The molecule has 2 aliphatic heterocycles. The summed E-state index contributed by atoms with van der Waals surface area (Å²) >= 11 is 11.6. The topological polar surface area (TPSA) is 135 Å². The van der Waals surface area contributed by atoms with Crippen molar-refractivity contribution >= 4 is 58.2 Å². The maximum Gasteiger partial charge on any atom is 0.261 e. The summed E-state index contributed by atoms with van der Waals surface area (Å²) in [6, 6.07) is 4.20. The predicted molar refractivity (Wildman–Crippen MR) is 161 cm³/mol. The number of rotatable bonds is 5. The van der Waals surface area contributed by atoms with Crippen LogP contribution in [0.2, 0.25) is 10.0 Å². The van der Waals surface area contributed by atoms with Crippen LogP contribution < -0.4 is 14.5 Å². The van der Waals surface area contributed by atoms with E-state index in [2.05, 4.69) is 10.1 Å². The van der Waals surface area contributed by atoms with Crippen LogP contribution in [0.5, 0.6) is 11.5 Å². The molecule has 46 heavy (non-hydrogen) atoms. The highest BCUT2D eigenvalue weighted by Gasteiger charge is 2.42. The fourth-order valence-electron chi connectivity index (χ4n) is 5.85. The van der Waals surface area contributed by atoms with Crippen molar-refractivity contribution in [1.82, 2.24) is 14.8 Å². The molecule has 1 aromatic heterocycles. The van der Waals surface area contributed by atoms with Crippen molar-refractivity contribution < 1.29 is 37.8 Å². The number of imide groups is 2. The number of ether oxygens (including phenoxy) is 1. The molecule has 15 heteroatoms. The molecular formula is C31H25Cl2F2N5O6. The van der Waals surface area contributed by atoms with Crippen molar-refractivity contribution in [3.05, 3.63) is 80.9 Å². The first kappa shape index (κ1) is 31.4. The zero-order valence-electron chi connectivity index (χ0n) is 24.1. The van der Waals surface area contributed by atoms with Crippen molar-refractivity contribution in [3.8, 4) is 11.5 Å². The van der Waals surface area contributed by atoms with Crippen LogP contribution in [0, 0.1) is 11.6 Å². The van der Waals surface area contributed by atoms with Crippen molar-refractivity contribution in [2.75, 3.05) is 9.80 Å². The van der Waals surface area contributed by atoms with E-state index in [1.165, 1.54) is 23.4 Å². The second-order valence-corrected chi connectivity index (χ2v) is 11.7. The number of carbonyl (C=O) groups excluding carboxylic acids is 4. The number of halogens is 4. The Bertz CT molecular complexity index is 1800. The van der Waals surface area contributed by atoms with Crippen LogP contribution in [0.4, 0.5) is 20.2 Å². The summed E-state index contributed by atoms with van der Waals surface area (Å²) in [6.45, 7) is 0.00142. The molecule has 2 aromatic carbocycles. The number of amides is 4. The van der Waals surface area contributed by atoms with E-state index in [0.29, 0.717) is 48.0 Å². The van der Waals surface area contributed by atoms with Gasteiger partial charge in [-0.1, -0.05) is 23.2 Å². The number of hydrogen-bond donors (Lipinski definition) is 1. The Morgan fingerprint density at radius 3 is 1.63 bits per heavy atom. The molecule has 238 valence electrons. The Morgan fingerprint density at radius 2 is 1.17 bits per heavy atom. The highest BCUT2D eigenvalue weighted by atomic mass is 35.5. The summed E-state index contributed by atoms with van der Waals surface area (Å²) < 4.78 is 35.4. The molecule has 1 N–H and O–H groups in total. The second kappa shape index (κ2) is 12.6. The number of aromatic nitrogens is 3. The highest BCUT2D eigenvalue weighted by Crippen LogP contribution is 2.41. The zero-order valence-corrected chi connectivity index (χ0v) is 25.6. The quantitative estimate of drug-likeness (QED) is 0.337. The van der Waals surface area contributed by atoms with Gasteiger partial charge in [-0.25, -0.2) is 28.2 Å². The summed E-state index contributed by atoms with van der Waals surface area (Å²) in [5, 5.41) is 13.3. The molecule has 4 aliphatic rings. The summed E-state index contributed by atoms with van der Waals surface area (Å²) in [4.78, 5) is 55.2. The van der Waals surface area contributed by atoms with E-state index in [4.69, 9.17) is 27.9 Å². The first-order chi connectivity index (χ1) is 22.1. The average Bonchev–Trinajstić information content (AvgIpc) is 3.72. The maximum absolute atomic E-state index is 14.5. The molecule has 3 aromatic rings. The van der Waals surface area contributed by atoms with Crippen LogP contribution in [0.15, 0.2) is 59.2 Å². The second-order valence-electron chi connectivity index (χ2n) is 10.9. The number of benzene rings is 2. The number of hydrogen-bond acceptors (Lipinski definition) is 8. The molecule has 0 saturated heterocycles. The molecule has 4 amide bonds. The van der Waals surface area contributed by atoms with Gasteiger partial charge >= 0.3 is 0 Å². The van der Waals surface area contributed by atoms with Gasteiger partial charge in [0.05, 0.1) is 21.4 Å². The first-order valence-corrected chi connectivity index (χ1v) is 15.2. The summed E-state index contributed by atoms with van der Waals surface area (Å²) in [5.41, 5.74) is 1.50. The number of carbonyl (C=O) groups is 4. The smallest absolute Gasteiger partial charge is 0.261 e. The van der Waals surface area contributed by atoms with Gasteiger partial charge in [0.2, 0.25) is 0 Å². The minimum Gasteiger partial charge on any atom is -0.506 e. The average molecular weight is 672 g/mol. The number of phenols is 1. The van der Waals surface area contributed by atoms with Crippen molar-refractivity contribution in [3.63, 3.8) is 0 Å². The Hall–Kier alpha value is -4.62. The lowest BCUT2D eigenvalue weighted by Crippen LogP contribution is -2.32. The minimum atomic E-state index is -0.811. The molecule has 0 radical (unpaired) electrons. The fourth-order valence-corrected chi connectivity index (χ4v) is 6.21. The summed E-state index contributed by atoms with van der Waals surface area (Å²) in [6.07, 6.45) is 8.35. The first-order valence-electron chi connectivity index (χ1n) is 14.4. The largest absolute Gasteiger partial charge is 0.506 e. The minimum absolute atomic E-state index is 0.00142. The lowest BCUT2D eigenvalue weighted by atomic mass is 9.93. The molecule has 0 fully saturated rings. The molecule has 0 atom stereocenters. The van der Waals surface area contributed by atoms with Crippen LogP contribution in [-0.4, -0.2) is 43.5 Å². The van der Waals surface area contributed by atoms with Crippen molar-refractivity contribution in [2.45, 2.75) is 58.1 Å². The maximum atomic E-state index is 14.5. The molecule has 2 aliphatic carbocycles. The molecule has 11 nitrogen and oxygen atoms in total. The van der Waals surface area contributed by atoms with Crippen LogP contribution in [0.25, 0.3) is 0 Å².